The Balaban J connectivity index is 1.67. The molecule has 0 atom stereocenters. The summed E-state index contributed by atoms with van der Waals surface area (Å²) in [5.41, 5.74) is -0.253. The number of carbonyl (C=O) groups is 1. The molecule has 1 N–H and O–H groups in total. The first-order chi connectivity index (χ1) is 14.0. The Labute approximate surface area is 166 Å². The monoisotopic (exact) mass is 398 g/mol. The fourth-order valence-corrected chi connectivity index (χ4v) is 2.50. The Morgan fingerprint density at radius 1 is 1.03 bits per heavy atom. The Kier molecular flexibility index (Phi) is 5.98. The molecule has 9 nitrogen and oxygen atoms in total. The lowest BCUT2D eigenvalue weighted by Gasteiger charge is -2.07. The van der Waals surface area contributed by atoms with Crippen LogP contribution in [0.4, 0.5) is 11.4 Å². The van der Waals surface area contributed by atoms with Crippen LogP contribution in [0, 0.1) is 10.1 Å². The van der Waals surface area contributed by atoms with Crippen LogP contribution >= 0.6 is 0 Å². The standard InChI is InChI=1S/C20H18N2O7/c1-26-13-4-3-5-15(10-13)28-12-16-7-9-19(29-16)20(23)21-17-8-6-14(27-2)11-18(17)22(24)25/h3-11H,12H2,1-2H3,(H,21,23). The molecule has 2 aromatic carbocycles. The van der Waals surface area contributed by atoms with Gasteiger partial charge in [0.1, 0.15) is 35.3 Å². The minimum absolute atomic E-state index is 0.000594. The number of nitro groups is 1. The van der Waals surface area contributed by atoms with Gasteiger partial charge in [0, 0.05) is 6.07 Å². The summed E-state index contributed by atoms with van der Waals surface area (Å²) < 4.78 is 21.2. The van der Waals surface area contributed by atoms with E-state index in [4.69, 9.17) is 18.6 Å². The predicted octanol–water partition coefficient (Wildman–Crippen LogP) is 4.04. The van der Waals surface area contributed by atoms with Gasteiger partial charge < -0.3 is 23.9 Å². The maximum Gasteiger partial charge on any atom is 0.296 e. The van der Waals surface area contributed by atoms with Crippen LogP contribution in [-0.4, -0.2) is 25.1 Å². The molecule has 0 spiro atoms. The lowest BCUT2D eigenvalue weighted by Crippen LogP contribution is -2.12. The predicted molar refractivity (Wildman–Crippen MR) is 104 cm³/mol. The van der Waals surface area contributed by atoms with Crippen molar-refractivity contribution in [3.8, 4) is 17.2 Å². The lowest BCUT2D eigenvalue weighted by molar-refractivity contribution is -0.384. The summed E-state index contributed by atoms with van der Waals surface area (Å²) in [7, 11) is 2.96. The Bertz CT molecular complexity index is 1030. The number of nitro benzene ring substituents is 1. The summed E-state index contributed by atoms with van der Waals surface area (Å²) in [5, 5.41) is 13.7. The van der Waals surface area contributed by atoms with Crippen molar-refractivity contribution in [3.63, 3.8) is 0 Å². The largest absolute Gasteiger partial charge is 0.497 e. The highest BCUT2D eigenvalue weighted by atomic mass is 16.6. The van der Waals surface area contributed by atoms with Gasteiger partial charge in [0.25, 0.3) is 11.6 Å². The molecule has 0 saturated heterocycles. The SMILES string of the molecule is COc1cccc(OCc2ccc(C(=O)Nc3ccc(OC)cc3[N+](=O)[O-])o2)c1. The van der Waals surface area contributed by atoms with E-state index in [1.165, 1.54) is 31.4 Å². The molecule has 3 aromatic rings. The summed E-state index contributed by atoms with van der Waals surface area (Å²) in [6.07, 6.45) is 0. The molecule has 1 heterocycles. The number of nitrogens with one attached hydrogen (secondary N) is 1. The molecule has 9 heteroatoms. The lowest BCUT2D eigenvalue weighted by atomic mass is 10.2. The van der Waals surface area contributed by atoms with Gasteiger partial charge >= 0.3 is 0 Å². The molecule has 3 rings (SSSR count). The minimum atomic E-state index is -0.620. The Hall–Kier alpha value is -4.01. The highest BCUT2D eigenvalue weighted by Crippen LogP contribution is 2.29. The van der Waals surface area contributed by atoms with Gasteiger partial charge in [0.05, 0.1) is 25.2 Å². The third-order valence-electron chi connectivity index (χ3n) is 3.96. The highest BCUT2D eigenvalue weighted by molar-refractivity contribution is 6.03. The number of anilines is 1. The van der Waals surface area contributed by atoms with Gasteiger partial charge in [-0.05, 0) is 36.4 Å². The number of furan rings is 1. The van der Waals surface area contributed by atoms with E-state index in [0.29, 0.717) is 23.0 Å². The van der Waals surface area contributed by atoms with Gasteiger partial charge in [0.2, 0.25) is 0 Å². The van der Waals surface area contributed by atoms with E-state index in [0.717, 1.165) is 0 Å². The average molecular weight is 398 g/mol. The fraction of sp³-hybridized carbons (Fsp3) is 0.150. The van der Waals surface area contributed by atoms with Crippen LogP contribution in [0.3, 0.4) is 0 Å². The van der Waals surface area contributed by atoms with Crippen LogP contribution < -0.4 is 19.5 Å². The molecule has 0 unspecified atom stereocenters. The van der Waals surface area contributed by atoms with E-state index in [1.54, 1.807) is 37.4 Å². The first-order valence-corrected chi connectivity index (χ1v) is 8.49. The molecule has 29 heavy (non-hydrogen) atoms. The number of rotatable bonds is 8. The number of benzene rings is 2. The first-order valence-electron chi connectivity index (χ1n) is 8.49. The zero-order valence-electron chi connectivity index (χ0n) is 15.7. The number of amides is 1. The number of methoxy groups -OCH3 is 2. The van der Waals surface area contributed by atoms with E-state index in [9.17, 15) is 14.9 Å². The number of ether oxygens (including phenoxy) is 3. The van der Waals surface area contributed by atoms with Crippen molar-refractivity contribution in [1.29, 1.82) is 0 Å². The van der Waals surface area contributed by atoms with Gasteiger partial charge in [-0.2, -0.15) is 0 Å². The van der Waals surface area contributed by atoms with E-state index < -0.39 is 10.8 Å². The second-order valence-electron chi connectivity index (χ2n) is 5.83. The van der Waals surface area contributed by atoms with Gasteiger partial charge in [-0.1, -0.05) is 6.07 Å². The molecule has 1 amide bonds. The van der Waals surface area contributed by atoms with E-state index in [1.807, 2.05) is 0 Å². The first kappa shape index (κ1) is 19.7. The van der Waals surface area contributed by atoms with Crippen molar-refractivity contribution in [1.82, 2.24) is 0 Å². The molecule has 0 fully saturated rings. The molecule has 0 aliphatic carbocycles. The summed E-state index contributed by atoms with van der Waals surface area (Å²) in [4.78, 5) is 23.0. The van der Waals surface area contributed by atoms with Gasteiger partial charge in [-0.3, -0.25) is 14.9 Å². The Morgan fingerprint density at radius 2 is 1.76 bits per heavy atom. The molecule has 150 valence electrons. The van der Waals surface area contributed by atoms with Crippen LogP contribution in [0.5, 0.6) is 17.2 Å². The number of hydrogen-bond donors (Lipinski definition) is 1. The normalized spacial score (nSPS) is 10.3. The zero-order chi connectivity index (χ0) is 20.8. The van der Waals surface area contributed by atoms with Gasteiger partial charge in [-0.15, -0.1) is 0 Å². The summed E-state index contributed by atoms with van der Waals surface area (Å²) in [5.74, 6) is 1.35. The molecule has 0 saturated carbocycles. The molecule has 0 aliphatic heterocycles. The van der Waals surface area contributed by atoms with Crippen molar-refractivity contribution >= 4 is 17.3 Å². The molecule has 0 aliphatic rings. The minimum Gasteiger partial charge on any atom is -0.497 e. The van der Waals surface area contributed by atoms with E-state index >= 15 is 0 Å². The molecular weight excluding hydrogens is 380 g/mol. The van der Waals surface area contributed by atoms with Crippen LogP contribution in [0.2, 0.25) is 0 Å². The zero-order valence-corrected chi connectivity index (χ0v) is 15.7. The molecule has 0 radical (unpaired) electrons. The van der Waals surface area contributed by atoms with Gasteiger partial charge in [-0.25, -0.2) is 0 Å². The summed E-state index contributed by atoms with van der Waals surface area (Å²) in [6, 6.07) is 14.3. The molecule has 1 aromatic heterocycles. The molecular formula is C20H18N2O7. The van der Waals surface area contributed by atoms with Crippen LogP contribution in [0.1, 0.15) is 16.3 Å². The van der Waals surface area contributed by atoms with Crippen LogP contribution in [-0.2, 0) is 6.61 Å². The van der Waals surface area contributed by atoms with Crippen molar-refractivity contribution in [2.24, 2.45) is 0 Å². The second kappa shape index (κ2) is 8.79. The maximum absolute atomic E-state index is 12.4. The third kappa shape index (κ3) is 4.83. The average Bonchev–Trinajstić information content (AvgIpc) is 3.22. The van der Waals surface area contributed by atoms with Crippen molar-refractivity contribution < 1.29 is 28.3 Å². The fourth-order valence-electron chi connectivity index (χ4n) is 2.50. The van der Waals surface area contributed by atoms with Crippen LogP contribution in [0.25, 0.3) is 0 Å². The smallest absolute Gasteiger partial charge is 0.296 e. The topological polar surface area (TPSA) is 113 Å². The third-order valence-corrected chi connectivity index (χ3v) is 3.96. The van der Waals surface area contributed by atoms with Crippen molar-refractivity contribution in [2.45, 2.75) is 6.61 Å². The second-order valence-corrected chi connectivity index (χ2v) is 5.83. The maximum atomic E-state index is 12.4. The molecule has 0 bridgehead atoms. The summed E-state index contributed by atoms with van der Waals surface area (Å²) >= 11 is 0. The van der Waals surface area contributed by atoms with Crippen molar-refractivity contribution in [3.05, 3.63) is 76.2 Å². The van der Waals surface area contributed by atoms with Crippen molar-refractivity contribution in [2.75, 3.05) is 19.5 Å². The number of carbonyl (C=O) groups excluding carboxylic acids is 1. The van der Waals surface area contributed by atoms with Gasteiger partial charge in [0.15, 0.2) is 5.76 Å². The number of hydrogen-bond acceptors (Lipinski definition) is 7. The quantitative estimate of drug-likeness (QED) is 0.450. The van der Waals surface area contributed by atoms with Crippen LogP contribution in [0.15, 0.2) is 59.0 Å². The Morgan fingerprint density at radius 3 is 2.48 bits per heavy atom. The number of nitrogens with zero attached hydrogens (tertiary/aromatic N) is 1. The van der Waals surface area contributed by atoms with E-state index in [2.05, 4.69) is 5.32 Å². The van der Waals surface area contributed by atoms with E-state index in [-0.39, 0.29) is 23.7 Å². The highest BCUT2D eigenvalue weighted by Gasteiger charge is 2.19. The summed E-state index contributed by atoms with van der Waals surface area (Å²) in [6.45, 7) is 0.100.